The number of pyridine rings is 1. The van der Waals surface area contributed by atoms with E-state index >= 15 is 0 Å². The quantitative estimate of drug-likeness (QED) is 0.830. The molecule has 0 aliphatic heterocycles. The molecule has 0 atom stereocenters. The molecule has 1 amide bonds. The molecule has 0 spiro atoms. The number of nitrogens with zero attached hydrogens (tertiary/aromatic N) is 1. The van der Waals surface area contributed by atoms with Crippen LogP contribution in [-0.4, -0.2) is 17.7 Å². The lowest BCUT2D eigenvalue weighted by molar-refractivity contribution is 0.174. The van der Waals surface area contributed by atoms with Crippen LogP contribution in [-0.2, 0) is 4.74 Å². The highest BCUT2D eigenvalue weighted by atomic mass is 32.1. The summed E-state index contributed by atoms with van der Waals surface area (Å²) in [6.45, 7) is 3.67. The summed E-state index contributed by atoms with van der Waals surface area (Å²) in [5, 5.41) is 5.42. The molecule has 16 heavy (non-hydrogen) atoms. The van der Waals surface area contributed by atoms with Gasteiger partial charge in [0.05, 0.1) is 5.69 Å². The van der Waals surface area contributed by atoms with Crippen molar-refractivity contribution >= 4 is 33.3 Å². The highest BCUT2D eigenvalue weighted by molar-refractivity contribution is 7.17. The summed E-state index contributed by atoms with van der Waals surface area (Å²) in [5.41, 5.74) is 0.724. The third-order valence-corrected chi connectivity index (χ3v) is 2.82. The number of hydrogen-bond donors (Lipinski definition) is 1. The fraction of sp³-hybridized carbons (Fsp3) is 0.0909. The molecule has 0 saturated carbocycles. The van der Waals surface area contributed by atoms with Crippen molar-refractivity contribution in [3.8, 4) is 0 Å². The minimum Gasteiger partial charge on any atom is -0.445 e. The Labute approximate surface area is 96.6 Å². The van der Waals surface area contributed by atoms with Gasteiger partial charge in [0.15, 0.2) is 0 Å². The first-order valence-electron chi connectivity index (χ1n) is 4.68. The first-order valence-corrected chi connectivity index (χ1v) is 5.56. The Hall–Kier alpha value is -1.88. The van der Waals surface area contributed by atoms with Gasteiger partial charge in [0, 0.05) is 17.0 Å². The molecule has 0 unspecified atom stereocenters. The molecule has 2 aromatic rings. The van der Waals surface area contributed by atoms with Crippen molar-refractivity contribution in [1.82, 2.24) is 4.98 Å². The van der Waals surface area contributed by atoms with Gasteiger partial charge in [-0.25, -0.2) is 9.78 Å². The summed E-state index contributed by atoms with van der Waals surface area (Å²) < 4.78 is 4.83. The van der Waals surface area contributed by atoms with Gasteiger partial charge in [0.25, 0.3) is 0 Å². The minimum absolute atomic E-state index is 0.201. The van der Waals surface area contributed by atoms with E-state index in [1.807, 2.05) is 17.5 Å². The van der Waals surface area contributed by atoms with Crippen LogP contribution in [0.2, 0.25) is 0 Å². The lowest BCUT2D eigenvalue weighted by atomic mass is 10.3. The molecule has 0 fully saturated rings. The molecule has 2 aromatic heterocycles. The summed E-state index contributed by atoms with van der Waals surface area (Å²) >= 11 is 1.48. The van der Waals surface area contributed by atoms with E-state index in [1.54, 1.807) is 6.20 Å². The molecule has 0 aliphatic carbocycles. The van der Waals surface area contributed by atoms with Crippen LogP contribution in [0.1, 0.15) is 0 Å². The molecule has 0 radical (unpaired) electrons. The smallest absolute Gasteiger partial charge is 0.411 e. The van der Waals surface area contributed by atoms with Crippen LogP contribution < -0.4 is 5.32 Å². The van der Waals surface area contributed by atoms with Crippen LogP contribution in [0.5, 0.6) is 0 Å². The number of thiophene rings is 1. The van der Waals surface area contributed by atoms with E-state index < -0.39 is 6.09 Å². The highest BCUT2D eigenvalue weighted by Crippen LogP contribution is 2.28. The van der Waals surface area contributed by atoms with Gasteiger partial charge in [0.1, 0.15) is 11.4 Å². The summed E-state index contributed by atoms with van der Waals surface area (Å²) in [6, 6.07) is 3.73. The molecule has 5 heteroatoms. The van der Waals surface area contributed by atoms with Gasteiger partial charge in [-0.3, -0.25) is 5.32 Å². The Balaban J connectivity index is 2.15. The molecule has 82 valence electrons. The molecule has 1 N–H and O–H groups in total. The molecule has 2 heterocycles. The molecule has 0 bridgehead atoms. The Kier molecular flexibility index (Phi) is 3.16. The monoisotopic (exact) mass is 234 g/mol. The Morgan fingerprint density at radius 3 is 3.38 bits per heavy atom. The molecule has 2 rings (SSSR count). The lowest BCUT2D eigenvalue weighted by Crippen LogP contribution is -2.13. The van der Waals surface area contributed by atoms with Crippen LogP contribution >= 0.6 is 11.3 Å². The minimum atomic E-state index is -0.483. The first-order chi connectivity index (χ1) is 7.81. The van der Waals surface area contributed by atoms with Crippen LogP contribution in [0, 0.1) is 0 Å². The van der Waals surface area contributed by atoms with Gasteiger partial charge < -0.3 is 4.74 Å². The maximum Gasteiger partial charge on any atom is 0.411 e. The van der Waals surface area contributed by atoms with E-state index in [-0.39, 0.29) is 6.61 Å². The standard InChI is InChI=1S/C11H10N2O2S/c1-2-6-15-11(14)13-9-7-16-10-8(9)4-3-5-12-10/h2-5,7H,1,6H2,(H,13,14). The molecule has 0 aromatic carbocycles. The lowest BCUT2D eigenvalue weighted by Gasteiger charge is -2.03. The van der Waals surface area contributed by atoms with Crippen molar-refractivity contribution in [2.75, 3.05) is 11.9 Å². The van der Waals surface area contributed by atoms with Gasteiger partial charge in [-0.05, 0) is 12.1 Å². The van der Waals surface area contributed by atoms with Crippen molar-refractivity contribution in [3.63, 3.8) is 0 Å². The zero-order valence-electron chi connectivity index (χ0n) is 8.47. The molecular formula is C11H10N2O2S. The predicted octanol–water partition coefficient (Wildman–Crippen LogP) is 3.03. The van der Waals surface area contributed by atoms with Gasteiger partial charge in [-0.2, -0.15) is 0 Å². The van der Waals surface area contributed by atoms with E-state index in [1.165, 1.54) is 17.4 Å². The van der Waals surface area contributed by atoms with Crippen LogP contribution in [0.4, 0.5) is 10.5 Å². The van der Waals surface area contributed by atoms with Crippen molar-refractivity contribution in [3.05, 3.63) is 36.4 Å². The molecule has 0 aliphatic rings. The van der Waals surface area contributed by atoms with E-state index in [0.29, 0.717) is 0 Å². The maximum absolute atomic E-state index is 11.3. The van der Waals surface area contributed by atoms with Crippen molar-refractivity contribution in [2.45, 2.75) is 0 Å². The van der Waals surface area contributed by atoms with E-state index in [4.69, 9.17) is 4.74 Å². The fourth-order valence-corrected chi connectivity index (χ4v) is 2.09. The summed E-state index contributed by atoms with van der Waals surface area (Å²) in [7, 11) is 0. The summed E-state index contributed by atoms with van der Waals surface area (Å²) in [5.74, 6) is 0. The van der Waals surface area contributed by atoms with E-state index in [9.17, 15) is 4.79 Å². The summed E-state index contributed by atoms with van der Waals surface area (Å²) in [4.78, 5) is 16.4. The number of anilines is 1. The number of ether oxygens (including phenoxy) is 1. The number of carbonyl (C=O) groups is 1. The molecular weight excluding hydrogens is 224 g/mol. The van der Waals surface area contributed by atoms with Crippen molar-refractivity contribution in [1.29, 1.82) is 0 Å². The van der Waals surface area contributed by atoms with Gasteiger partial charge >= 0.3 is 6.09 Å². The average molecular weight is 234 g/mol. The topological polar surface area (TPSA) is 51.2 Å². The SMILES string of the molecule is C=CCOC(=O)Nc1csc2ncccc12. The zero-order valence-corrected chi connectivity index (χ0v) is 9.29. The largest absolute Gasteiger partial charge is 0.445 e. The number of hydrogen-bond acceptors (Lipinski definition) is 4. The van der Waals surface area contributed by atoms with E-state index in [0.717, 1.165) is 15.9 Å². The Morgan fingerprint density at radius 1 is 1.69 bits per heavy atom. The normalized spacial score (nSPS) is 10.0. The number of amides is 1. The average Bonchev–Trinajstić information content (AvgIpc) is 2.70. The zero-order chi connectivity index (χ0) is 11.4. The van der Waals surface area contributed by atoms with Gasteiger partial charge in [-0.1, -0.05) is 12.7 Å². The fourth-order valence-electron chi connectivity index (χ4n) is 1.25. The Morgan fingerprint density at radius 2 is 2.56 bits per heavy atom. The van der Waals surface area contributed by atoms with Crippen LogP contribution in [0.25, 0.3) is 10.2 Å². The predicted molar refractivity (Wildman–Crippen MR) is 64.8 cm³/mol. The first kappa shape index (κ1) is 10.6. The third kappa shape index (κ3) is 2.20. The van der Waals surface area contributed by atoms with Crippen LogP contribution in [0.3, 0.4) is 0 Å². The second-order valence-corrected chi connectivity index (χ2v) is 3.88. The van der Waals surface area contributed by atoms with Crippen molar-refractivity contribution in [2.24, 2.45) is 0 Å². The van der Waals surface area contributed by atoms with E-state index in [2.05, 4.69) is 16.9 Å². The summed E-state index contributed by atoms with van der Waals surface area (Å²) in [6.07, 6.45) is 2.76. The van der Waals surface area contributed by atoms with Crippen LogP contribution in [0.15, 0.2) is 36.4 Å². The number of fused-ring (bicyclic) bond motifs is 1. The highest BCUT2D eigenvalue weighted by Gasteiger charge is 2.07. The third-order valence-electron chi connectivity index (χ3n) is 1.92. The number of nitrogens with one attached hydrogen (secondary N) is 1. The van der Waals surface area contributed by atoms with Crippen molar-refractivity contribution < 1.29 is 9.53 Å². The second-order valence-electron chi connectivity index (χ2n) is 3.02. The van der Waals surface area contributed by atoms with Gasteiger partial charge in [-0.15, -0.1) is 11.3 Å². The Bertz CT molecular complexity index is 521. The molecule has 0 saturated heterocycles. The number of aromatic nitrogens is 1. The second kappa shape index (κ2) is 4.76. The maximum atomic E-state index is 11.3. The van der Waals surface area contributed by atoms with Gasteiger partial charge in [0.2, 0.25) is 0 Å². The molecule has 4 nitrogen and oxygen atoms in total. The number of rotatable bonds is 3. The number of carbonyl (C=O) groups excluding carboxylic acids is 1.